The highest BCUT2D eigenvalue weighted by Crippen LogP contribution is 2.21. The second kappa shape index (κ2) is 6.50. The monoisotopic (exact) mass is 291 g/mol. The van der Waals surface area contributed by atoms with Crippen LogP contribution in [0.1, 0.15) is 37.2 Å². The third-order valence-electron chi connectivity index (χ3n) is 4.46. The number of likely N-dealkylation sites (tertiary alicyclic amines) is 1. The maximum atomic E-state index is 4.47. The van der Waals surface area contributed by atoms with Crippen LogP contribution >= 0.6 is 0 Å². The zero-order valence-electron chi connectivity index (χ0n) is 14.3. The van der Waals surface area contributed by atoms with Crippen LogP contribution in [0.3, 0.4) is 0 Å². The second-order valence-electron chi connectivity index (χ2n) is 6.52. The fourth-order valence-corrected chi connectivity index (χ4v) is 3.41. The van der Waals surface area contributed by atoms with E-state index in [0.717, 1.165) is 43.1 Å². The fourth-order valence-electron chi connectivity index (χ4n) is 3.41. The molecule has 2 atom stereocenters. The Bertz CT molecular complexity index is 507. The summed E-state index contributed by atoms with van der Waals surface area (Å²) >= 11 is 0. The van der Waals surface area contributed by atoms with Crippen molar-refractivity contribution >= 4 is 5.96 Å². The van der Waals surface area contributed by atoms with Gasteiger partial charge < -0.3 is 10.2 Å². The van der Waals surface area contributed by atoms with Gasteiger partial charge in [0, 0.05) is 45.0 Å². The molecule has 1 aliphatic heterocycles. The van der Waals surface area contributed by atoms with Crippen LogP contribution in [0.15, 0.2) is 4.99 Å². The first-order chi connectivity index (χ1) is 9.92. The molecule has 1 N–H and O–H groups in total. The quantitative estimate of drug-likeness (QED) is 0.670. The van der Waals surface area contributed by atoms with Crippen molar-refractivity contribution in [3.63, 3.8) is 0 Å². The average molecular weight is 291 g/mol. The number of nitrogens with one attached hydrogen (secondary N) is 1. The Kier molecular flexibility index (Phi) is 4.91. The van der Waals surface area contributed by atoms with E-state index < -0.39 is 0 Å². The topological polar surface area (TPSA) is 45.5 Å². The van der Waals surface area contributed by atoms with Crippen LogP contribution in [-0.4, -0.2) is 40.8 Å². The molecule has 5 heteroatoms. The van der Waals surface area contributed by atoms with E-state index in [0.29, 0.717) is 0 Å². The summed E-state index contributed by atoms with van der Waals surface area (Å²) in [7, 11) is 3.86. The number of guanidine groups is 1. The number of aromatic nitrogens is 2. The maximum absolute atomic E-state index is 4.47. The molecule has 5 nitrogen and oxygen atoms in total. The van der Waals surface area contributed by atoms with Crippen molar-refractivity contribution in [3.05, 3.63) is 17.0 Å². The van der Waals surface area contributed by atoms with E-state index in [2.05, 4.69) is 48.0 Å². The summed E-state index contributed by atoms with van der Waals surface area (Å²) in [5.74, 6) is 2.47. The maximum Gasteiger partial charge on any atom is 0.193 e. The number of aryl methyl sites for hydroxylation is 2. The standard InChI is InChI=1S/C16H29N5/c1-11-7-12(2)10-21(9-11)16(17-5)18-8-15-13(3)19-20(6)14(15)4/h11-12H,7-10H2,1-6H3,(H,17,18). The van der Waals surface area contributed by atoms with Gasteiger partial charge in [0.2, 0.25) is 0 Å². The second-order valence-corrected chi connectivity index (χ2v) is 6.52. The average Bonchev–Trinajstić information content (AvgIpc) is 2.64. The van der Waals surface area contributed by atoms with Gasteiger partial charge >= 0.3 is 0 Å². The minimum Gasteiger partial charge on any atom is -0.352 e. The summed E-state index contributed by atoms with van der Waals surface area (Å²) in [6.45, 7) is 11.8. The molecule has 0 aliphatic carbocycles. The van der Waals surface area contributed by atoms with Crippen LogP contribution in [0.25, 0.3) is 0 Å². The normalized spacial score (nSPS) is 23.5. The van der Waals surface area contributed by atoms with E-state index in [9.17, 15) is 0 Å². The Labute approximate surface area is 128 Å². The molecule has 1 aliphatic rings. The van der Waals surface area contributed by atoms with Gasteiger partial charge in [0.25, 0.3) is 0 Å². The molecule has 0 bridgehead atoms. The van der Waals surface area contributed by atoms with E-state index in [1.54, 1.807) is 0 Å². The highest BCUT2D eigenvalue weighted by atomic mass is 15.3. The van der Waals surface area contributed by atoms with E-state index in [4.69, 9.17) is 0 Å². The molecule has 0 spiro atoms. The summed E-state index contributed by atoms with van der Waals surface area (Å²) < 4.78 is 1.94. The predicted octanol–water partition coefficient (Wildman–Crippen LogP) is 2.09. The first kappa shape index (κ1) is 15.9. The number of hydrogen-bond acceptors (Lipinski definition) is 2. The molecular formula is C16H29N5. The van der Waals surface area contributed by atoms with Gasteiger partial charge in [0.1, 0.15) is 0 Å². The van der Waals surface area contributed by atoms with Crippen LogP contribution in [0.4, 0.5) is 0 Å². The third kappa shape index (κ3) is 3.57. The molecule has 2 rings (SSSR count). The number of piperidine rings is 1. The highest BCUT2D eigenvalue weighted by Gasteiger charge is 2.24. The van der Waals surface area contributed by atoms with Gasteiger partial charge in [0.15, 0.2) is 5.96 Å². The SMILES string of the molecule is CN=C(NCc1c(C)nn(C)c1C)N1CC(C)CC(C)C1. The molecule has 2 unspecified atom stereocenters. The minimum atomic E-state index is 0.731. The van der Waals surface area contributed by atoms with Crippen molar-refractivity contribution in [2.24, 2.45) is 23.9 Å². The molecule has 1 saturated heterocycles. The lowest BCUT2D eigenvalue weighted by Gasteiger charge is -2.37. The summed E-state index contributed by atoms with van der Waals surface area (Å²) in [4.78, 5) is 6.85. The van der Waals surface area contributed by atoms with Crippen LogP contribution in [0, 0.1) is 25.7 Å². The van der Waals surface area contributed by atoms with E-state index >= 15 is 0 Å². The molecule has 118 valence electrons. The van der Waals surface area contributed by atoms with Crippen molar-refractivity contribution < 1.29 is 0 Å². The molecule has 0 amide bonds. The number of nitrogens with zero attached hydrogens (tertiary/aromatic N) is 4. The summed E-state index contributed by atoms with van der Waals surface area (Å²) in [5.41, 5.74) is 3.59. The Balaban J connectivity index is 2.03. The van der Waals surface area contributed by atoms with Gasteiger partial charge in [-0.2, -0.15) is 5.10 Å². The largest absolute Gasteiger partial charge is 0.352 e. The van der Waals surface area contributed by atoms with E-state index in [1.165, 1.54) is 17.7 Å². The lowest BCUT2D eigenvalue weighted by molar-refractivity contribution is 0.208. The lowest BCUT2D eigenvalue weighted by atomic mass is 9.92. The van der Waals surface area contributed by atoms with Crippen molar-refractivity contribution in [1.82, 2.24) is 20.0 Å². The zero-order chi connectivity index (χ0) is 15.6. The van der Waals surface area contributed by atoms with Crippen molar-refractivity contribution in [2.45, 2.75) is 40.7 Å². The third-order valence-corrected chi connectivity index (χ3v) is 4.46. The fraction of sp³-hybridized carbons (Fsp3) is 0.750. The van der Waals surface area contributed by atoms with E-state index in [-0.39, 0.29) is 0 Å². The first-order valence-electron chi connectivity index (χ1n) is 7.87. The molecule has 1 fully saturated rings. The predicted molar refractivity (Wildman–Crippen MR) is 87.4 cm³/mol. The van der Waals surface area contributed by atoms with E-state index in [1.807, 2.05) is 18.8 Å². The lowest BCUT2D eigenvalue weighted by Crippen LogP contribution is -2.48. The summed E-state index contributed by atoms with van der Waals surface area (Å²) in [5, 5.41) is 7.99. The smallest absolute Gasteiger partial charge is 0.193 e. The van der Waals surface area contributed by atoms with Crippen molar-refractivity contribution in [3.8, 4) is 0 Å². The van der Waals surface area contributed by atoms with Crippen molar-refractivity contribution in [2.75, 3.05) is 20.1 Å². The summed E-state index contributed by atoms with van der Waals surface area (Å²) in [6.07, 6.45) is 1.31. The first-order valence-corrected chi connectivity index (χ1v) is 7.87. The Morgan fingerprint density at radius 3 is 2.38 bits per heavy atom. The van der Waals surface area contributed by atoms with Crippen LogP contribution < -0.4 is 5.32 Å². The van der Waals surface area contributed by atoms with Gasteiger partial charge in [-0.1, -0.05) is 13.8 Å². The zero-order valence-corrected chi connectivity index (χ0v) is 14.3. The van der Waals surface area contributed by atoms with Gasteiger partial charge in [-0.15, -0.1) is 0 Å². The van der Waals surface area contributed by atoms with Crippen molar-refractivity contribution in [1.29, 1.82) is 0 Å². The molecule has 1 aromatic heterocycles. The Hall–Kier alpha value is -1.52. The van der Waals surface area contributed by atoms with Gasteiger partial charge in [-0.3, -0.25) is 9.67 Å². The highest BCUT2D eigenvalue weighted by molar-refractivity contribution is 5.80. The molecule has 0 saturated carbocycles. The summed E-state index contributed by atoms with van der Waals surface area (Å²) in [6, 6.07) is 0. The molecule has 2 heterocycles. The van der Waals surface area contributed by atoms with Gasteiger partial charge in [0.05, 0.1) is 5.69 Å². The molecular weight excluding hydrogens is 262 g/mol. The van der Waals surface area contributed by atoms with Gasteiger partial charge in [-0.25, -0.2) is 0 Å². The van der Waals surface area contributed by atoms with Crippen LogP contribution in [0.5, 0.6) is 0 Å². The number of aliphatic imine (C=N–C) groups is 1. The Morgan fingerprint density at radius 1 is 1.29 bits per heavy atom. The molecule has 0 radical (unpaired) electrons. The molecule has 1 aromatic rings. The number of rotatable bonds is 2. The van der Waals surface area contributed by atoms with Gasteiger partial charge in [-0.05, 0) is 32.1 Å². The Morgan fingerprint density at radius 2 is 1.90 bits per heavy atom. The molecule has 21 heavy (non-hydrogen) atoms. The number of hydrogen-bond donors (Lipinski definition) is 1. The van der Waals surface area contributed by atoms with Crippen LogP contribution in [0.2, 0.25) is 0 Å². The van der Waals surface area contributed by atoms with Crippen LogP contribution in [-0.2, 0) is 13.6 Å². The minimum absolute atomic E-state index is 0.731. The molecule has 0 aromatic carbocycles.